The van der Waals surface area contributed by atoms with Crippen LogP contribution in [0.3, 0.4) is 0 Å². The highest BCUT2D eigenvalue weighted by Crippen LogP contribution is 2.15. The van der Waals surface area contributed by atoms with Crippen molar-refractivity contribution in [1.29, 1.82) is 0 Å². The first kappa shape index (κ1) is 13.5. The summed E-state index contributed by atoms with van der Waals surface area (Å²) in [6.45, 7) is 1.18. The van der Waals surface area contributed by atoms with E-state index in [1.54, 1.807) is 23.1 Å². The van der Waals surface area contributed by atoms with Gasteiger partial charge in [0.25, 0.3) is 0 Å². The highest BCUT2D eigenvalue weighted by Gasteiger charge is 2.04. The number of rotatable bonds is 6. The van der Waals surface area contributed by atoms with Crippen molar-refractivity contribution in [3.05, 3.63) is 41.7 Å². The molecule has 0 aliphatic carbocycles. The van der Waals surface area contributed by atoms with Gasteiger partial charge in [0.1, 0.15) is 17.9 Å². The van der Waals surface area contributed by atoms with Crippen molar-refractivity contribution in [2.75, 3.05) is 13.7 Å². The first-order chi connectivity index (χ1) is 9.19. The Hall–Kier alpha value is -1.95. The van der Waals surface area contributed by atoms with E-state index in [0.29, 0.717) is 24.4 Å². The van der Waals surface area contributed by atoms with E-state index in [9.17, 15) is 4.39 Å². The van der Waals surface area contributed by atoms with Crippen LogP contribution in [0.2, 0.25) is 0 Å². The molecule has 0 spiro atoms. The second kappa shape index (κ2) is 6.29. The van der Waals surface area contributed by atoms with Crippen LogP contribution < -0.4 is 10.1 Å². The molecule has 0 aliphatic rings. The second-order valence-corrected chi connectivity index (χ2v) is 4.22. The molecule has 0 aliphatic heterocycles. The van der Waals surface area contributed by atoms with Crippen molar-refractivity contribution in [3.63, 3.8) is 0 Å². The summed E-state index contributed by atoms with van der Waals surface area (Å²) in [6.07, 6.45) is 2.39. The first-order valence-corrected chi connectivity index (χ1v) is 6.06. The number of nitrogens with zero attached hydrogens (tertiary/aromatic N) is 3. The van der Waals surface area contributed by atoms with E-state index >= 15 is 0 Å². The Morgan fingerprint density at radius 1 is 1.42 bits per heavy atom. The number of nitrogens with one attached hydrogen (secondary N) is 1. The molecule has 0 atom stereocenters. The number of aromatic nitrogens is 3. The van der Waals surface area contributed by atoms with E-state index in [1.165, 1.54) is 13.2 Å². The lowest BCUT2D eigenvalue weighted by Crippen LogP contribution is -2.18. The third-order valence-corrected chi connectivity index (χ3v) is 2.75. The number of hydrogen-bond donors (Lipinski definition) is 1. The van der Waals surface area contributed by atoms with Crippen molar-refractivity contribution in [2.45, 2.75) is 13.0 Å². The van der Waals surface area contributed by atoms with Gasteiger partial charge in [-0.3, -0.25) is 4.68 Å². The predicted molar refractivity (Wildman–Crippen MR) is 69.4 cm³/mol. The maximum atomic E-state index is 13.6. The van der Waals surface area contributed by atoms with Gasteiger partial charge in [0.2, 0.25) is 0 Å². The number of ether oxygens (including phenoxy) is 1. The molecule has 1 N–H and O–H groups in total. The number of hydrogen-bond acceptors (Lipinski definition) is 4. The molecular weight excluding hydrogens is 247 g/mol. The number of benzene rings is 1. The lowest BCUT2D eigenvalue weighted by molar-refractivity contribution is 0.410. The van der Waals surface area contributed by atoms with Gasteiger partial charge in [-0.05, 0) is 6.07 Å². The number of methoxy groups -OCH3 is 1. The van der Waals surface area contributed by atoms with Crippen molar-refractivity contribution in [3.8, 4) is 5.75 Å². The van der Waals surface area contributed by atoms with Gasteiger partial charge in [0.05, 0.1) is 7.11 Å². The molecule has 0 saturated carbocycles. The molecule has 1 aromatic carbocycles. The van der Waals surface area contributed by atoms with E-state index < -0.39 is 0 Å². The molecule has 6 heteroatoms. The molecule has 0 saturated heterocycles. The molecule has 19 heavy (non-hydrogen) atoms. The summed E-state index contributed by atoms with van der Waals surface area (Å²) in [7, 11) is 3.35. The normalized spacial score (nSPS) is 10.7. The molecule has 102 valence electrons. The van der Waals surface area contributed by atoms with Crippen molar-refractivity contribution in [1.82, 2.24) is 20.1 Å². The van der Waals surface area contributed by atoms with Gasteiger partial charge < -0.3 is 10.1 Å². The third-order valence-electron chi connectivity index (χ3n) is 2.75. The summed E-state index contributed by atoms with van der Waals surface area (Å²) in [4.78, 5) is 4.12. The average molecular weight is 264 g/mol. The summed E-state index contributed by atoms with van der Waals surface area (Å²) in [6, 6.07) is 4.86. The Morgan fingerprint density at radius 2 is 2.26 bits per heavy atom. The third kappa shape index (κ3) is 3.75. The van der Waals surface area contributed by atoms with E-state index in [4.69, 9.17) is 4.74 Å². The lowest BCUT2D eigenvalue weighted by atomic mass is 10.2. The monoisotopic (exact) mass is 264 g/mol. The minimum absolute atomic E-state index is 0.261. The van der Waals surface area contributed by atoms with Crippen LogP contribution in [0.4, 0.5) is 4.39 Å². The van der Waals surface area contributed by atoms with Gasteiger partial charge in [-0.25, -0.2) is 9.37 Å². The number of halogens is 1. The molecule has 5 nitrogen and oxygen atoms in total. The first-order valence-electron chi connectivity index (χ1n) is 6.06. The van der Waals surface area contributed by atoms with Crippen molar-refractivity contribution >= 4 is 0 Å². The van der Waals surface area contributed by atoms with Crippen LogP contribution in [-0.4, -0.2) is 28.4 Å². The average Bonchev–Trinajstić information content (AvgIpc) is 2.82. The van der Waals surface area contributed by atoms with Crippen LogP contribution in [0.15, 0.2) is 24.5 Å². The van der Waals surface area contributed by atoms with Crippen molar-refractivity contribution < 1.29 is 9.13 Å². The highest BCUT2D eigenvalue weighted by molar-refractivity contribution is 5.28. The molecule has 1 aromatic heterocycles. The van der Waals surface area contributed by atoms with Gasteiger partial charge in [-0.1, -0.05) is 6.07 Å². The quantitative estimate of drug-likeness (QED) is 0.799. The standard InChI is InChI=1S/C13H17FN4O/c1-18-9-16-13(17-18)5-6-15-8-10-3-4-11(19-2)7-12(10)14/h3-4,7,9,15H,5-6,8H2,1-2H3. The molecule has 2 aromatic rings. The van der Waals surface area contributed by atoms with E-state index in [1.807, 2.05) is 7.05 Å². The molecule has 0 unspecified atom stereocenters. The van der Waals surface area contributed by atoms with Gasteiger partial charge in [-0.15, -0.1) is 0 Å². The Labute approximate surface area is 111 Å². The van der Waals surface area contributed by atoms with Crippen molar-refractivity contribution in [2.24, 2.45) is 7.05 Å². The van der Waals surface area contributed by atoms with Crippen LogP contribution >= 0.6 is 0 Å². The van der Waals surface area contributed by atoms with E-state index in [0.717, 1.165) is 12.2 Å². The topological polar surface area (TPSA) is 52.0 Å². The summed E-state index contributed by atoms with van der Waals surface area (Å²) in [5, 5.41) is 7.34. The smallest absolute Gasteiger partial charge is 0.151 e. The number of aryl methyl sites for hydroxylation is 1. The molecular formula is C13H17FN4O. The molecule has 0 bridgehead atoms. The molecule has 0 fully saturated rings. The minimum Gasteiger partial charge on any atom is -0.497 e. The van der Waals surface area contributed by atoms with Crippen LogP contribution in [0.1, 0.15) is 11.4 Å². The summed E-state index contributed by atoms with van der Waals surface area (Å²) in [5.74, 6) is 1.05. The van der Waals surface area contributed by atoms with Gasteiger partial charge in [0.15, 0.2) is 5.82 Å². The highest BCUT2D eigenvalue weighted by atomic mass is 19.1. The molecule has 0 radical (unpaired) electrons. The Kier molecular flexibility index (Phi) is 4.46. The van der Waals surface area contributed by atoms with Crippen LogP contribution in [0.5, 0.6) is 5.75 Å². The largest absolute Gasteiger partial charge is 0.497 e. The fourth-order valence-corrected chi connectivity index (χ4v) is 1.72. The predicted octanol–water partition coefficient (Wildman–Crippen LogP) is 1.30. The van der Waals surface area contributed by atoms with Gasteiger partial charge >= 0.3 is 0 Å². The minimum atomic E-state index is -0.261. The lowest BCUT2D eigenvalue weighted by Gasteiger charge is -2.06. The zero-order chi connectivity index (χ0) is 13.7. The van der Waals surface area contributed by atoms with Gasteiger partial charge in [-0.2, -0.15) is 5.10 Å². The summed E-state index contributed by atoms with van der Waals surface area (Å²) < 4.78 is 20.3. The van der Waals surface area contributed by atoms with E-state index in [2.05, 4.69) is 15.4 Å². The SMILES string of the molecule is COc1ccc(CNCCc2ncn(C)n2)c(F)c1. The van der Waals surface area contributed by atoms with Crippen LogP contribution in [-0.2, 0) is 20.0 Å². The Morgan fingerprint density at radius 3 is 2.89 bits per heavy atom. The maximum Gasteiger partial charge on any atom is 0.151 e. The molecule has 1 heterocycles. The maximum absolute atomic E-state index is 13.6. The fraction of sp³-hybridized carbons (Fsp3) is 0.385. The summed E-state index contributed by atoms with van der Waals surface area (Å²) >= 11 is 0. The Bertz CT molecular complexity index is 541. The van der Waals surface area contributed by atoms with Crippen LogP contribution in [0.25, 0.3) is 0 Å². The molecule has 0 amide bonds. The summed E-state index contributed by atoms with van der Waals surface area (Å²) in [5.41, 5.74) is 0.620. The van der Waals surface area contributed by atoms with Crippen LogP contribution in [0, 0.1) is 5.82 Å². The zero-order valence-corrected chi connectivity index (χ0v) is 11.1. The zero-order valence-electron chi connectivity index (χ0n) is 11.1. The van der Waals surface area contributed by atoms with Gasteiger partial charge in [0, 0.05) is 38.2 Å². The second-order valence-electron chi connectivity index (χ2n) is 4.22. The Balaban J connectivity index is 1.79. The molecule has 2 rings (SSSR count). The van der Waals surface area contributed by atoms with E-state index in [-0.39, 0.29) is 5.82 Å². The fourth-order valence-electron chi connectivity index (χ4n) is 1.72.